The van der Waals surface area contributed by atoms with Crippen molar-refractivity contribution < 1.29 is 9.47 Å². The predicted molar refractivity (Wildman–Crippen MR) is 94.2 cm³/mol. The van der Waals surface area contributed by atoms with Crippen LogP contribution in [0.3, 0.4) is 0 Å². The van der Waals surface area contributed by atoms with Gasteiger partial charge in [0.15, 0.2) is 0 Å². The van der Waals surface area contributed by atoms with E-state index in [4.69, 9.17) is 15.2 Å². The standard InChI is InChI=1S/C18H31N3O2/c1-5-22-15-7-8-16(18(11-15)23-6-2)17(12-19)21-10-9-20(4)14(3)13-21/h7-8,11,14,17H,5-6,9-10,12-13,19H2,1-4H3. The average molecular weight is 321 g/mol. The molecule has 0 spiro atoms. The molecule has 0 bridgehead atoms. The van der Waals surface area contributed by atoms with E-state index in [0.717, 1.165) is 36.7 Å². The molecule has 1 aromatic carbocycles. The maximum atomic E-state index is 6.14. The zero-order chi connectivity index (χ0) is 16.8. The number of piperazine rings is 1. The summed E-state index contributed by atoms with van der Waals surface area (Å²) in [7, 11) is 2.18. The molecular weight excluding hydrogens is 290 g/mol. The van der Waals surface area contributed by atoms with Crippen LogP contribution in [0.25, 0.3) is 0 Å². The van der Waals surface area contributed by atoms with Gasteiger partial charge < -0.3 is 20.1 Å². The number of hydrogen-bond donors (Lipinski definition) is 1. The molecule has 1 aliphatic heterocycles. The van der Waals surface area contributed by atoms with Crippen LogP contribution in [0, 0.1) is 0 Å². The normalized spacial score (nSPS) is 21.2. The number of hydrogen-bond acceptors (Lipinski definition) is 5. The van der Waals surface area contributed by atoms with Crippen molar-refractivity contribution in [1.29, 1.82) is 0 Å². The molecule has 2 unspecified atom stereocenters. The highest BCUT2D eigenvalue weighted by molar-refractivity contribution is 5.43. The average Bonchev–Trinajstić information content (AvgIpc) is 2.54. The quantitative estimate of drug-likeness (QED) is 0.834. The first kappa shape index (κ1) is 18.0. The third-order valence-corrected chi connectivity index (χ3v) is 4.61. The Hall–Kier alpha value is -1.30. The molecule has 2 atom stereocenters. The molecule has 5 heteroatoms. The first-order valence-corrected chi connectivity index (χ1v) is 8.64. The van der Waals surface area contributed by atoms with E-state index in [9.17, 15) is 0 Å². The Bertz CT molecular complexity index is 495. The first-order valence-electron chi connectivity index (χ1n) is 8.64. The van der Waals surface area contributed by atoms with E-state index in [2.05, 4.69) is 29.8 Å². The molecule has 1 aliphatic rings. The topological polar surface area (TPSA) is 51.0 Å². The zero-order valence-electron chi connectivity index (χ0n) is 14.9. The van der Waals surface area contributed by atoms with Crippen molar-refractivity contribution in [1.82, 2.24) is 9.80 Å². The molecule has 23 heavy (non-hydrogen) atoms. The van der Waals surface area contributed by atoms with Crippen LogP contribution >= 0.6 is 0 Å². The van der Waals surface area contributed by atoms with Crippen LogP contribution in [-0.2, 0) is 0 Å². The van der Waals surface area contributed by atoms with E-state index in [0.29, 0.717) is 25.8 Å². The predicted octanol–water partition coefficient (Wildman–Crippen LogP) is 2.12. The highest BCUT2D eigenvalue weighted by Gasteiger charge is 2.28. The van der Waals surface area contributed by atoms with Crippen molar-refractivity contribution in [2.75, 3.05) is 46.4 Å². The SMILES string of the molecule is CCOc1ccc(C(CN)N2CCN(C)C(C)C2)c(OCC)c1. The van der Waals surface area contributed by atoms with Gasteiger partial charge in [0, 0.05) is 43.9 Å². The second-order valence-electron chi connectivity index (χ2n) is 6.14. The molecule has 5 nitrogen and oxygen atoms in total. The molecule has 0 aliphatic carbocycles. The van der Waals surface area contributed by atoms with Crippen molar-refractivity contribution in [3.05, 3.63) is 23.8 Å². The van der Waals surface area contributed by atoms with E-state index < -0.39 is 0 Å². The Balaban J connectivity index is 2.25. The van der Waals surface area contributed by atoms with Crippen molar-refractivity contribution in [2.45, 2.75) is 32.9 Å². The van der Waals surface area contributed by atoms with E-state index >= 15 is 0 Å². The molecule has 2 N–H and O–H groups in total. The second kappa shape index (κ2) is 8.52. The van der Waals surface area contributed by atoms with Gasteiger partial charge in [-0.25, -0.2) is 0 Å². The lowest BCUT2D eigenvalue weighted by Gasteiger charge is -2.42. The van der Waals surface area contributed by atoms with Gasteiger partial charge in [0.05, 0.1) is 19.3 Å². The summed E-state index contributed by atoms with van der Waals surface area (Å²) in [6.45, 7) is 11.3. The lowest BCUT2D eigenvalue weighted by molar-refractivity contribution is 0.0730. The van der Waals surface area contributed by atoms with Crippen LogP contribution in [-0.4, -0.2) is 62.3 Å². The summed E-state index contributed by atoms with van der Waals surface area (Å²) in [5.74, 6) is 1.74. The smallest absolute Gasteiger partial charge is 0.127 e. The minimum atomic E-state index is 0.184. The van der Waals surface area contributed by atoms with Crippen LogP contribution in [0.15, 0.2) is 18.2 Å². The first-order chi connectivity index (χ1) is 11.1. The fourth-order valence-electron chi connectivity index (χ4n) is 3.16. The van der Waals surface area contributed by atoms with E-state index in [1.54, 1.807) is 0 Å². The largest absolute Gasteiger partial charge is 0.494 e. The molecular formula is C18H31N3O2. The Morgan fingerprint density at radius 3 is 2.57 bits per heavy atom. The third kappa shape index (κ3) is 4.37. The van der Waals surface area contributed by atoms with Crippen molar-refractivity contribution in [3.63, 3.8) is 0 Å². The zero-order valence-corrected chi connectivity index (χ0v) is 14.9. The molecule has 1 saturated heterocycles. The Kier molecular flexibility index (Phi) is 6.69. The van der Waals surface area contributed by atoms with E-state index in [-0.39, 0.29) is 6.04 Å². The van der Waals surface area contributed by atoms with Gasteiger partial charge in [0.25, 0.3) is 0 Å². The molecule has 0 radical (unpaired) electrons. The molecule has 0 amide bonds. The van der Waals surface area contributed by atoms with Gasteiger partial charge >= 0.3 is 0 Å². The molecule has 130 valence electrons. The van der Waals surface area contributed by atoms with Crippen molar-refractivity contribution in [3.8, 4) is 11.5 Å². The van der Waals surface area contributed by atoms with Crippen LogP contribution in [0.4, 0.5) is 0 Å². The van der Waals surface area contributed by atoms with Crippen molar-refractivity contribution >= 4 is 0 Å². The van der Waals surface area contributed by atoms with Crippen LogP contribution in [0.1, 0.15) is 32.4 Å². The van der Waals surface area contributed by atoms with E-state index in [1.807, 2.05) is 26.0 Å². The van der Waals surface area contributed by atoms with Gasteiger partial charge in [-0.2, -0.15) is 0 Å². The van der Waals surface area contributed by atoms with Crippen LogP contribution in [0.5, 0.6) is 11.5 Å². The molecule has 0 saturated carbocycles. The fourth-order valence-corrected chi connectivity index (χ4v) is 3.16. The van der Waals surface area contributed by atoms with Gasteiger partial charge in [-0.1, -0.05) is 6.07 Å². The molecule has 0 aromatic heterocycles. The lowest BCUT2D eigenvalue weighted by Crippen LogP contribution is -2.52. The molecule has 1 fully saturated rings. The summed E-state index contributed by atoms with van der Waals surface area (Å²) >= 11 is 0. The summed E-state index contributed by atoms with van der Waals surface area (Å²) in [4.78, 5) is 4.87. The minimum Gasteiger partial charge on any atom is -0.494 e. The second-order valence-corrected chi connectivity index (χ2v) is 6.14. The number of rotatable bonds is 7. The number of likely N-dealkylation sites (N-methyl/N-ethyl adjacent to an activating group) is 1. The monoisotopic (exact) mass is 321 g/mol. The van der Waals surface area contributed by atoms with Crippen LogP contribution in [0.2, 0.25) is 0 Å². The number of nitrogens with zero attached hydrogens (tertiary/aromatic N) is 2. The van der Waals surface area contributed by atoms with Gasteiger partial charge in [0.1, 0.15) is 11.5 Å². The Morgan fingerprint density at radius 2 is 1.96 bits per heavy atom. The lowest BCUT2D eigenvalue weighted by atomic mass is 10.0. The van der Waals surface area contributed by atoms with Gasteiger partial charge in [-0.3, -0.25) is 4.90 Å². The number of nitrogens with two attached hydrogens (primary N) is 1. The molecule has 1 heterocycles. The van der Waals surface area contributed by atoms with E-state index in [1.165, 1.54) is 0 Å². The maximum absolute atomic E-state index is 6.14. The van der Waals surface area contributed by atoms with Gasteiger partial charge in [-0.15, -0.1) is 0 Å². The van der Waals surface area contributed by atoms with Crippen LogP contribution < -0.4 is 15.2 Å². The molecule has 2 rings (SSSR count). The third-order valence-electron chi connectivity index (χ3n) is 4.61. The van der Waals surface area contributed by atoms with Gasteiger partial charge in [0.2, 0.25) is 0 Å². The summed E-state index contributed by atoms with van der Waals surface area (Å²) < 4.78 is 11.5. The highest BCUT2D eigenvalue weighted by atomic mass is 16.5. The summed E-state index contributed by atoms with van der Waals surface area (Å²) in [5, 5.41) is 0. The maximum Gasteiger partial charge on any atom is 0.127 e. The Labute approximate surface area is 140 Å². The molecule has 1 aromatic rings. The Morgan fingerprint density at radius 1 is 1.22 bits per heavy atom. The summed E-state index contributed by atoms with van der Waals surface area (Å²) in [6.07, 6.45) is 0. The number of ether oxygens (including phenoxy) is 2. The van der Waals surface area contributed by atoms with Crippen molar-refractivity contribution in [2.24, 2.45) is 5.73 Å². The van der Waals surface area contributed by atoms with Gasteiger partial charge in [-0.05, 0) is 33.9 Å². The fraction of sp³-hybridized carbons (Fsp3) is 0.667. The summed E-state index contributed by atoms with van der Waals surface area (Å²) in [5.41, 5.74) is 7.30. The number of benzene rings is 1. The minimum absolute atomic E-state index is 0.184. The highest BCUT2D eigenvalue weighted by Crippen LogP contribution is 2.33. The summed E-state index contributed by atoms with van der Waals surface area (Å²) in [6, 6.07) is 6.84.